The number of carbonyl (C=O) groups excluding carboxylic acids is 2. The highest BCUT2D eigenvalue weighted by Gasteiger charge is 2.26. The number of likely N-dealkylation sites (N-methyl/N-ethyl adjacent to an activating group) is 1. The number of amides is 2. The molecule has 0 aliphatic heterocycles. The molecule has 0 bridgehead atoms. The molecule has 1 heterocycles. The van der Waals surface area contributed by atoms with E-state index in [1.165, 1.54) is 0 Å². The standard InChI is InChI=1S/C24H27ClN4O3S/c1-4-29(14-21-26-20-13-17(25)8-9-18(20)23(31)28-21)24(32)19(10-11-33-3)27-22(30)16-7-5-6-15(2)12-16/h5-9,12-13,19H,4,10-11,14H2,1-3H3,(H,27,30)(H,26,28,31)/t19-/m1/s1. The van der Waals surface area contributed by atoms with E-state index in [9.17, 15) is 14.4 Å². The van der Waals surface area contributed by atoms with Gasteiger partial charge in [-0.2, -0.15) is 11.8 Å². The molecule has 3 aromatic rings. The van der Waals surface area contributed by atoms with E-state index in [4.69, 9.17) is 11.6 Å². The quantitative estimate of drug-likeness (QED) is 0.480. The molecule has 0 aliphatic rings. The third-order valence-electron chi connectivity index (χ3n) is 5.25. The maximum absolute atomic E-state index is 13.4. The van der Waals surface area contributed by atoms with E-state index in [1.807, 2.05) is 32.2 Å². The first-order chi connectivity index (χ1) is 15.8. The molecule has 2 amide bonds. The molecule has 0 unspecified atom stereocenters. The largest absolute Gasteiger partial charge is 0.340 e. The molecule has 2 aromatic carbocycles. The number of fused-ring (bicyclic) bond motifs is 1. The van der Waals surface area contributed by atoms with Crippen LogP contribution in [0.4, 0.5) is 0 Å². The molecule has 0 saturated carbocycles. The molecule has 3 rings (SSSR count). The number of thioether (sulfide) groups is 1. The third-order valence-corrected chi connectivity index (χ3v) is 6.13. The minimum atomic E-state index is -0.688. The second kappa shape index (κ2) is 11.3. The molecule has 0 radical (unpaired) electrons. The van der Waals surface area contributed by atoms with Gasteiger partial charge in [0.2, 0.25) is 5.91 Å². The van der Waals surface area contributed by atoms with Crippen LogP contribution in [0.3, 0.4) is 0 Å². The van der Waals surface area contributed by atoms with Crippen LogP contribution in [-0.4, -0.2) is 51.3 Å². The summed E-state index contributed by atoms with van der Waals surface area (Å²) < 4.78 is 0. The lowest BCUT2D eigenvalue weighted by Crippen LogP contribution is -2.48. The monoisotopic (exact) mass is 486 g/mol. The molecule has 9 heteroatoms. The van der Waals surface area contributed by atoms with Gasteiger partial charge >= 0.3 is 0 Å². The molecule has 2 N–H and O–H groups in total. The smallest absolute Gasteiger partial charge is 0.258 e. The van der Waals surface area contributed by atoms with Crippen molar-refractivity contribution in [3.05, 3.63) is 74.8 Å². The van der Waals surface area contributed by atoms with E-state index in [0.29, 0.717) is 46.0 Å². The number of nitrogens with zero attached hydrogens (tertiary/aromatic N) is 2. The fourth-order valence-corrected chi connectivity index (χ4v) is 4.14. The summed E-state index contributed by atoms with van der Waals surface area (Å²) >= 11 is 7.65. The maximum Gasteiger partial charge on any atom is 0.258 e. The number of aryl methyl sites for hydroxylation is 1. The number of carbonyl (C=O) groups is 2. The number of nitrogens with one attached hydrogen (secondary N) is 2. The maximum atomic E-state index is 13.4. The summed E-state index contributed by atoms with van der Waals surface area (Å²) in [6.45, 7) is 4.27. The van der Waals surface area contributed by atoms with Crippen LogP contribution in [0.5, 0.6) is 0 Å². The molecule has 0 fully saturated rings. The zero-order valence-corrected chi connectivity index (χ0v) is 20.4. The summed E-state index contributed by atoms with van der Waals surface area (Å²) in [5.41, 5.74) is 1.66. The van der Waals surface area contributed by atoms with Crippen LogP contribution < -0.4 is 10.9 Å². The van der Waals surface area contributed by atoms with Gasteiger partial charge < -0.3 is 15.2 Å². The minimum absolute atomic E-state index is 0.114. The molecule has 0 aliphatic carbocycles. The first kappa shape index (κ1) is 24.8. The number of hydrogen-bond acceptors (Lipinski definition) is 5. The fraction of sp³-hybridized carbons (Fsp3) is 0.333. The molecule has 0 saturated heterocycles. The van der Waals surface area contributed by atoms with Gasteiger partial charge in [-0.05, 0) is 62.6 Å². The molecular weight excluding hydrogens is 460 g/mol. The van der Waals surface area contributed by atoms with Crippen molar-refractivity contribution in [2.75, 3.05) is 18.6 Å². The third kappa shape index (κ3) is 6.36. The minimum Gasteiger partial charge on any atom is -0.340 e. The Hall–Kier alpha value is -2.84. The Morgan fingerprint density at radius 1 is 1.24 bits per heavy atom. The average Bonchev–Trinajstić information content (AvgIpc) is 2.79. The van der Waals surface area contributed by atoms with Crippen molar-refractivity contribution < 1.29 is 9.59 Å². The number of hydrogen-bond donors (Lipinski definition) is 2. The molecule has 0 spiro atoms. The van der Waals surface area contributed by atoms with Gasteiger partial charge in [-0.15, -0.1) is 0 Å². The van der Waals surface area contributed by atoms with Gasteiger partial charge in [0, 0.05) is 17.1 Å². The Bertz CT molecular complexity index is 1210. The van der Waals surface area contributed by atoms with E-state index in [0.717, 1.165) is 5.56 Å². The molecule has 7 nitrogen and oxygen atoms in total. The van der Waals surface area contributed by atoms with Crippen molar-refractivity contribution in [1.82, 2.24) is 20.2 Å². The zero-order valence-electron chi connectivity index (χ0n) is 18.9. The van der Waals surface area contributed by atoms with Gasteiger partial charge in [-0.3, -0.25) is 14.4 Å². The summed E-state index contributed by atoms with van der Waals surface area (Å²) in [5.74, 6) is 0.562. The van der Waals surface area contributed by atoms with Crippen molar-refractivity contribution in [2.45, 2.75) is 32.9 Å². The topological polar surface area (TPSA) is 95.2 Å². The molecular formula is C24H27ClN4O3S. The second-order valence-corrected chi connectivity index (χ2v) is 9.13. The average molecular weight is 487 g/mol. The van der Waals surface area contributed by atoms with Crippen molar-refractivity contribution in [3.63, 3.8) is 0 Å². The van der Waals surface area contributed by atoms with E-state index in [1.54, 1.807) is 47.0 Å². The van der Waals surface area contributed by atoms with Crippen molar-refractivity contribution in [1.29, 1.82) is 0 Å². The SMILES string of the molecule is CCN(Cc1nc2cc(Cl)ccc2c(=O)[nH]1)C(=O)[C@@H](CCSC)NC(=O)c1cccc(C)c1. The van der Waals surface area contributed by atoms with Gasteiger partial charge in [0.05, 0.1) is 17.4 Å². The van der Waals surface area contributed by atoms with E-state index in [2.05, 4.69) is 15.3 Å². The molecule has 1 aromatic heterocycles. The Morgan fingerprint density at radius 3 is 2.73 bits per heavy atom. The van der Waals surface area contributed by atoms with Crippen LogP contribution in [0.1, 0.15) is 35.1 Å². The van der Waals surface area contributed by atoms with Crippen molar-refractivity contribution in [2.24, 2.45) is 0 Å². The van der Waals surface area contributed by atoms with Crippen molar-refractivity contribution in [3.8, 4) is 0 Å². The highest BCUT2D eigenvalue weighted by atomic mass is 35.5. The van der Waals surface area contributed by atoms with E-state index < -0.39 is 6.04 Å². The molecule has 174 valence electrons. The number of aromatic amines is 1. The van der Waals surface area contributed by atoms with Gasteiger partial charge in [0.25, 0.3) is 11.5 Å². The van der Waals surface area contributed by atoms with Gasteiger partial charge in [-0.1, -0.05) is 29.3 Å². The van der Waals surface area contributed by atoms with Gasteiger partial charge in [-0.25, -0.2) is 4.98 Å². The van der Waals surface area contributed by atoms with Crippen LogP contribution in [0.15, 0.2) is 47.3 Å². The highest BCUT2D eigenvalue weighted by molar-refractivity contribution is 7.98. The number of halogens is 1. The number of rotatable bonds is 9. The lowest BCUT2D eigenvalue weighted by Gasteiger charge is -2.26. The Balaban J connectivity index is 1.82. The predicted molar refractivity (Wildman–Crippen MR) is 134 cm³/mol. The second-order valence-electron chi connectivity index (χ2n) is 7.70. The Labute approximate surface area is 201 Å². The summed E-state index contributed by atoms with van der Waals surface area (Å²) in [6, 6.07) is 11.4. The first-order valence-electron chi connectivity index (χ1n) is 10.7. The summed E-state index contributed by atoms with van der Waals surface area (Å²) in [4.78, 5) is 47.5. The molecule has 1 atom stereocenters. The number of benzene rings is 2. The normalized spacial score (nSPS) is 11.9. The van der Waals surface area contributed by atoms with Crippen LogP contribution in [0.2, 0.25) is 5.02 Å². The number of aromatic nitrogens is 2. The molecule has 33 heavy (non-hydrogen) atoms. The predicted octanol–water partition coefficient (Wildman–Crippen LogP) is 3.79. The Kier molecular flexibility index (Phi) is 8.52. The van der Waals surface area contributed by atoms with Crippen LogP contribution >= 0.6 is 23.4 Å². The fourth-order valence-electron chi connectivity index (χ4n) is 3.50. The van der Waals surface area contributed by atoms with Crippen LogP contribution in [0, 0.1) is 6.92 Å². The summed E-state index contributed by atoms with van der Waals surface area (Å²) in [6.07, 6.45) is 2.45. The summed E-state index contributed by atoms with van der Waals surface area (Å²) in [5, 5.41) is 3.80. The first-order valence-corrected chi connectivity index (χ1v) is 12.4. The summed E-state index contributed by atoms with van der Waals surface area (Å²) in [7, 11) is 0. The zero-order chi connectivity index (χ0) is 24.0. The number of H-pyrrole nitrogens is 1. The highest BCUT2D eigenvalue weighted by Crippen LogP contribution is 2.15. The van der Waals surface area contributed by atoms with Crippen molar-refractivity contribution >= 4 is 46.1 Å². The van der Waals surface area contributed by atoms with Crippen LogP contribution in [-0.2, 0) is 11.3 Å². The van der Waals surface area contributed by atoms with E-state index in [-0.39, 0.29) is 23.9 Å². The Morgan fingerprint density at radius 2 is 2.03 bits per heavy atom. The van der Waals surface area contributed by atoms with Gasteiger partial charge in [0.1, 0.15) is 11.9 Å². The van der Waals surface area contributed by atoms with Gasteiger partial charge in [0.15, 0.2) is 0 Å². The van der Waals surface area contributed by atoms with E-state index >= 15 is 0 Å². The van der Waals surface area contributed by atoms with Crippen LogP contribution in [0.25, 0.3) is 10.9 Å². The lowest BCUT2D eigenvalue weighted by molar-refractivity contribution is -0.133. The lowest BCUT2D eigenvalue weighted by atomic mass is 10.1.